The third-order valence-electron chi connectivity index (χ3n) is 8.47. The highest BCUT2D eigenvalue weighted by Gasteiger charge is 2.49. The van der Waals surface area contributed by atoms with E-state index < -0.39 is 5.97 Å². The normalized spacial score (nSPS) is 22.9. The third kappa shape index (κ3) is 4.82. The molecule has 0 atom stereocenters. The quantitative estimate of drug-likeness (QED) is 0.213. The molecule has 3 saturated carbocycles. The van der Waals surface area contributed by atoms with Crippen molar-refractivity contribution in [1.82, 2.24) is 0 Å². The number of rotatable bonds is 8. The maximum absolute atomic E-state index is 11.8. The summed E-state index contributed by atoms with van der Waals surface area (Å²) >= 11 is 6.91. The Hall–Kier alpha value is -2.82. The standard InChI is InChI=1S/C30H33ClN2O2/c1-3-5-6-11-29-12-15-30(16-13-29,17-14-29)25-9-7-21(18-26(25)31)22-8-10-27(35-28(34)4-2)24(20-33)23(22)19-32/h7-10,18H,3-6,11-17H2,1-2H3. The van der Waals surface area contributed by atoms with Crippen LogP contribution in [0.1, 0.15) is 101 Å². The summed E-state index contributed by atoms with van der Waals surface area (Å²) in [6, 6.07) is 13.6. The topological polar surface area (TPSA) is 73.9 Å². The van der Waals surface area contributed by atoms with Crippen LogP contribution in [0.15, 0.2) is 30.3 Å². The molecule has 5 rings (SSSR count). The Morgan fingerprint density at radius 2 is 1.66 bits per heavy atom. The molecule has 3 aliphatic carbocycles. The minimum absolute atomic E-state index is 0.0737. The lowest BCUT2D eigenvalue weighted by Gasteiger charge is -2.54. The number of ether oxygens (including phenoxy) is 1. The Morgan fingerprint density at radius 3 is 2.23 bits per heavy atom. The number of halogens is 1. The highest BCUT2D eigenvalue weighted by Crippen LogP contribution is 2.60. The lowest BCUT2D eigenvalue weighted by molar-refractivity contribution is -0.134. The van der Waals surface area contributed by atoms with Gasteiger partial charge in [-0.1, -0.05) is 56.8 Å². The molecule has 2 aromatic carbocycles. The molecular formula is C30H33ClN2O2. The lowest BCUT2D eigenvalue weighted by atomic mass is 9.51. The van der Waals surface area contributed by atoms with Crippen molar-refractivity contribution >= 4 is 17.6 Å². The number of nitrogens with zero attached hydrogens (tertiary/aromatic N) is 2. The molecule has 0 aromatic heterocycles. The average molecular weight is 489 g/mol. The summed E-state index contributed by atoms with van der Waals surface area (Å²) in [6.45, 7) is 3.95. The molecule has 2 aromatic rings. The smallest absolute Gasteiger partial charge is 0.310 e. The van der Waals surface area contributed by atoms with E-state index >= 15 is 0 Å². The van der Waals surface area contributed by atoms with Gasteiger partial charge in [0.05, 0.1) is 5.56 Å². The second-order valence-corrected chi connectivity index (χ2v) is 10.8. The number of fused-ring (bicyclic) bond motifs is 3. The zero-order valence-electron chi connectivity index (χ0n) is 20.8. The highest BCUT2D eigenvalue weighted by molar-refractivity contribution is 6.31. The highest BCUT2D eigenvalue weighted by atomic mass is 35.5. The summed E-state index contributed by atoms with van der Waals surface area (Å²) in [5, 5.41) is 20.3. The van der Waals surface area contributed by atoms with Crippen LogP contribution in [0.2, 0.25) is 5.02 Å². The first-order valence-electron chi connectivity index (χ1n) is 12.9. The molecule has 3 aliphatic rings. The van der Waals surface area contributed by atoms with Gasteiger partial charge in [-0.3, -0.25) is 4.79 Å². The number of carbonyl (C=O) groups excluding carboxylic acids is 1. The molecule has 0 amide bonds. The summed E-state index contributed by atoms with van der Waals surface area (Å²) in [7, 11) is 0. The molecule has 4 nitrogen and oxygen atoms in total. The van der Waals surface area contributed by atoms with E-state index in [1.165, 1.54) is 69.8 Å². The minimum atomic E-state index is -0.445. The Bertz CT molecular complexity index is 1180. The predicted octanol–water partition coefficient (Wildman–Crippen LogP) is 8.24. The second kappa shape index (κ2) is 10.4. The molecule has 0 unspecified atom stereocenters. The Labute approximate surface area is 213 Å². The van der Waals surface area contributed by atoms with Gasteiger partial charge in [-0.15, -0.1) is 0 Å². The minimum Gasteiger partial charge on any atom is -0.425 e. The van der Waals surface area contributed by atoms with Gasteiger partial charge in [-0.25, -0.2) is 0 Å². The maximum atomic E-state index is 11.8. The van der Waals surface area contributed by atoms with Crippen LogP contribution in [0.3, 0.4) is 0 Å². The average Bonchev–Trinajstić information content (AvgIpc) is 2.89. The predicted molar refractivity (Wildman–Crippen MR) is 138 cm³/mol. The Morgan fingerprint density at radius 1 is 0.971 bits per heavy atom. The van der Waals surface area contributed by atoms with E-state index in [0.717, 1.165) is 10.6 Å². The van der Waals surface area contributed by atoms with Crippen LogP contribution in [0.25, 0.3) is 11.1 Å². The van der Waals surface area contributed by atoms with Gasteiger partial charge < -0.3 is 4.74 Å². The molecule has 0 spiro atoms. The molecule has 3 fully saturated rings. The molecule has 182 valence electrons. The van der Waals surface area contributed by atoms with Crippen LogP contribution in [-0.4, -0.2) is 5.97 Å². The monoisotopic (exact) mass is 488 g/mol. The number of benzene rings is 2. The fourth-order valence-corrected chi connectivity index (χ4v) is 6.62. The van der Waals surface area contributed by atoms with Gasteiger partial charge in [0.2, 0.25) is 0 Å². The zero-order chi connectivity index (χ0) is 25.1. The van der Waals surface area contributed by atoms with Crippen LogP contribution in [-0.2, 0) is 10.2 Å². The fourth-order valence-electron chi connectivity index (χ4n) is 6.24. The molecule has 5 heteroatoms. The number of esters is 1. The first kappa shape index (κ1) is 25.3. The second-order valence-electron chi connectivity index (χ2n) is 10.3. The van der Waals surface area contributed by atoms with Crippen molar-refractivity contribution in [3.05, 3.63) is 52.0 Å². The number of nitriles is 2. The van der Waals surface area contributed by atoms with Gasteiger partial charge >= 0.3 is 5.97 Å². The first-order chi connectivity index (χ1) is 16.9. The molecule has 0 heterocycles. The van der Waals surface area contributed by atoms with Gasteiger partial charge in [0.25, 0.3) is 0 Å². The summed E-state index contributed by atoms with van der Waals surface area (Å²) in [6.07, 6.45) is 13.0. The molecule has 2 bridgehead atoms. The van der Waals surface area contributed by atoms with Crippen molar-refractivity contribution in [1.29, 1.82) is 10.5 Å². The molecule has 0 N–H and O–H groups in total. The lowest BCUT2D eigenvalue weighted by Crippen LogP contribution is -2.44. The third-order valence-corrected chi connectivity index (χ3v) is 8.78. The molecular weight excluding hydrogens is 456 g/mol. The van der Waals surface area contributed by atoms with Crippen molar-refractivity contribution < 1.29 is 9.53 Å². The molecule has 35 heavy (non-hydrogen) atoms. The molecule has 0 saturated heterocycles. The van der Waals surface area contributed by atoms with E-state index in [4.69, 9.17) is 16.3 Å². The van der Waals surface area contributed by atoms with E-state index in [1.807, 2.05) is 18.2 Å². The van der Waals surface area contributed by atoms with Crippen LogP contribution in [0, 0.1) is 28.1 Å². The summed E-state index contributed by atoms with van der Waals surface area (Å²) in [4.78, 5) is 11.8. The van der Waals surface area contributed by atoms with Crippen molar-refractivity contribution in [2.24, 2.45) is 5.41 Å². The number of hydrogen-bond acceptors (Lipinski definition) is 4. The van der Waals surface area contributed by atoms with Crippen LogP contribution in [0.4, 0.5) is 0 Å². The van der Waals surface area contributed by atoms with Crippen molar-refractivity contribution in [3.63, 3.8) is 0 Å². The first-order valence-corrected chi connectivity index (χ1v) is 13.3. The number of hydrogen-bond donors (Lipinski definition) is 0. The van der Waals surface area contributed by atoms with Gasteiger partial charge in [0.1, 0.15) is 23.5 Å². The van der Waals surface area contributed by atoms with Gasteiger partial charge in [0, 0.05) is 17.0 Å². The van der Waals surface area contributed by atoms with Crippen LogP contribution >= 0.6 is 11.6 Å². The summed E-state index contributed by atoms with van der Waals surface area (Å²) in [5.41, 5.74) is 3.59. The van der Waals surface area contributed by atoms with Gasteiger partial charge in [-0.2, -0.15) is 10.5 Å². The summed E-state index contributed by atoms with van der Waals surface area (Å²) < 4.78 is 5.27. The van der Waals surface area contributed by atoms with E-state index in [2.05, 4.69) is 19.1 Å². The molecule has 0 radical (unpaired) electrons. The Kier molecular flexibility index (Phi) is 7.53. The maximum Gasteiger partial charge on any atom is 0.310 e. The van der Waals surface area contributed by atoms with E-state index in [9.17, 15) is 15.3 Å². The van der Waals surface area contributed by atoms with Gasteiger partial charge in [0.15, 0.2) is 0 Å². The zero-order valence-corrected chi connectivity index (χ0v) is 21.5. The van der Waals surface area contributed by atoms with Crippen molar-refractivity contribution in [2.75, 3.05) is 0 Å². The van der Waals surface area contributed by atoms with Crippen molar-refractivity contribution in [3.8, 4) is 29.0 Å². The van der Waals surface area contributed by atoms with E-state index in [0.29, 0.717) is 11.0 Å². The SMILES string of the molecule is CCCCCC12CCC(c3ccc(-c4ccc(OC(=O)CC)c(C#N)c4C#N)cc3Cl)(CC1)CC2. The molecule has 0 aliphatic heterocycles. The van der Waals surface area contributed by atoms with Crippen molar-refractivity contribution in [2.45, 2.75) is 89.9 Å². The number of unbranched alkanes of at least 4 members (excludes halogenated alkanes) is 2. The van der Waals surface area contributed by atoms with E-state index in [-0.39, 0.29) is 28.7 Å². The van der Waals surface area contributed by atoms with E-state index in [1.54, 1.807) is 19.1 Å². The van der Waals surface area contributed by atoms with Gasteiger partial charge in [-0.05, 0) is 85.1 Å². The van der Waals surface area contributed by atoms with Crippen LogP contribution in [0.5, 0.6) is 5.75 Å². The summed E-state index contributed by atoms with van der Waals surface area (Å²) in [5.74, 6) is -0.327. The number of carbonyl (C=O) groups is 1. The van der Waals surface area contributed by atoms with Crippen LogP contribution < -0.4 is 4.74 Å². The Balaban J connectivity index is 1.61. The largest absolute Gasteiger partial charge is 0.425 e. The fraction of sp³-hybridized carbons (Fsp3) is 0.500.